The summed E-state index contributed by atoms with van der Waals surface area (Å²) in [6.45, 7) is 1.98. The molecule has 0 aliphatic heterocycles. The van der Waals surface area contributed by atoms with Crippen LogP contribution in [0.5, 0.6) is 0 Å². The van der Waals surface area contributed by atoms with Gasteiger partial charge in [0.2, 0.25) is 5.91 Å². The van der Waals surface area contributed by atoms with E-state index in [4.69, 9.17) is 0 Å². The zero-order chi connectivity index (χ0) is 14.5. The van der Waals surface area contributed by atoms with Crippen LogP contribution in [-0.4, -0.2) is 18.9 Å². The summed E-state index contributed by atoms with van der Waals surface area (Å²) in [5, 5.41) is 5.49. The van der Waals surface area contributed by atoms with Gasteiger partial charge < -0.3 is 10.6 Å². The molecule has 2 amide bonds. The lowest BCUT2D eigenvalue weighted by atomic mass is 9.92. The molecule has 1 fully saturated rings. The van der Waals surface area contributed by atoms with Crippen LogP contribution in [-0.2, 0) is 4.79 Å². The predicted octanol–water partition coefficient (Wildman–Crippen LogP) is 2.81. The van der Waals surface area contributed by atoms with Crippen LogP contribution < -0.4 is 10.6 Å². The number of nitrogens with one attached hydrogen (secondary N) is 2. The average molecular weight is 274 g/mol. The molecule has 0 aromatic heterocycles. The average Bonchev–Trinajstić information content (AvgIpc) is 3.00. The molecule has 0 radical (unpaired) electrons. The fourth-order valence-electron chi connectivity index (χ4n) is 2.84. The molecular formula is C16H22N2O2. The van der Waals surface area contributed by atoms with E-state index in [1.165, 1.54) is 12.8 Å². The Morgan fingerprint density at radius 3 is 2.50 bits per heavy atom. The lowest BCUT2D eigenvalue weighted by Crippen LogP contribution is -2.27. The van der Waals surface area contributed by atoms with E-state index < -0.39 is 0 Å². The van der Waals surface area contributed by atoms with Gasteiger partial charge in [0, 0.05) is 13.0 Å². The molecule has 1 atom stereocenters. The summed E-state index contributed by atoms with van der Waals surface area (Å²) in [5.74, 6) is 0.292. The van der Waals surface area contributed by atoms with Crippen molar-refractivity contribution in [1.29, 1.82) is 0 Å². The van der Waals surface area contributed by atoms with Gasteiger partial charge in [-0.3, -0.25) is 9.59 Å². The van der Waals surface area contributed by atoms with Gasteiger partial charge >= 0.3 is 0 Å². The smallest absolute Gasteiger partial charge is 0.253 e. The van der Waals surface area contributed by atoms with Crippen LogP contribution in [0.15, 0.2) is 24.3 Å². The highest BCUT2D eigenvalue weighted by Crippen LogP contribution is 2.32. The lowest BCUT2D eigenvalue weighted by Gasteiger charge is -2.19. The first-order valence-electron chi connectivity index (χ1n) is 7.25. The normalized spacial score (nSPS) is 16.7. The van der Waals surface area contributed by atoms with Gasteiger partial charge in [-0.2, -0.15) is 0 Å². The molecule has 0 heterocycles. The highest BCUT2D eigenvalue weighted by Gasteiger charge is 2.27. The topological polar surface area (TPSA) is 58.2 Å². The Hall–Kier alpha value is -1.84. The van der Waals surface area contributed by atoms with Gasteiger partial charge in [0.05, 0.1) is 11.3 Å². The van der Waals surface area contributed by atoms with Crippen LogP contribution >= 0.6 is 0 Å². The van der Waals surface area contributed by atoms with E-state index >= 15 is 0 Å². The molecule has 1 aromatic rings. The Morgan fingerprint density at radius 2 is 1.85 bits per heavy atom. The molecular weight excluding hydrogens is 252 g/mol. The second-order valence-corrected chi connectivity index (χ2v) is 5.45. The van der Waals surface area contributed by atoms with E-state index in [2.05, 4.69) is 10.6 Å². The Kier molecular flexibility index (Phi) is 4.77. The molecule has 2 N–H and O–H groups in total. The van der Waals surface area contributed by atoms with Crippen molar-refractivity contribution in [2.24, 2.45) is 11.8 Å². The number of hydrogen-bond donors (Lipinski definition) is 2. The summed E-state index contributed by atoms with van der Waals surface area (Å²) in [5.41, 5.74) is 1.09. The molecule has 1 aromatic carbocycles. The first-order chi connectivity index (χ1) is 9.63. The Labute approximate surface area is 119 Å². The van der Waals surface area contributed by atoms with Crippen LogP contribution in [0.25, 0.3) is 0 Å². The summed E-state index contributed by atoms with van der Waals surface area (Å²) < 4.78 is 0. The minimum Gasteiger partial charge on any atom is -0.355 e. The van der Waals surface area contributed by atoms with Crippen molar-refractivity contribution in [3.63, 3.8) is 0 Å². The molecule has 4 heteroatoms. The SMILES string of the molecule is CNC(=O)c1ccccc1NC(=O)C(C)C1CCCC1. The maximum atomic E-state index is 12.3. The maximum absolute atomic E-state index is 12.3. The number of benzene rings is 1. The molecule has 108 valence electrons. The zero-order valence-electron chi connectivity index (χ0n) is 12.1. The van der Waals surface area contributed by atoms with Gasteiger partial charge in [0.1, 0.15) is 0 Å². The molecule has 1 aliphatic rings. The number of amides is 2. The Balaban J connectivity index is 2.09. The Morgan fingerprint density at radius 1 is 1.20 bits per heavy atom. The molecule has 4 nitrogen and oxygen atoms in total. The van der Waals surface area contributed by atoms with Gasteiger partial charge in [-0.1, -0.05) is 31.9 Å². The van der Waals surface area contributed by atoms with Crippen LogP contribution in [0.4, 0.5) is 5.69 Å². The van der Waals surface area contributed by atoms with Crippen molar-refractivity contribution < 1.29 is 9.59 Å². The quantitative estimate of drug-likeness (QED) is 0.887. The maximum Gasteiger partial charge on any atom is 0.253 e. The van der Waals surface area contributed by atoms with Gasteiger partial charge in [0.25, 0.3) is 5.91 Å². The van der Waals surface area contributed by atoms with Crippen molar-refractivity contribution in [3.05, 3.63) is 29.8 Å². The predicted molar refractivity (Wildman–Crippen MR) is 79.6 cm³/mol. The number of anilines is 1. The molecule has 0 saturated heterocycles. The van der Waals surface area contributed by atoms with Crippen molar-refractivity contribution in [1.82, 2.24) is 5.32 Å². The number of rotatable bonds is 4. The van der Waals surface area contributed by atoms with E-state index in [0.29, 0.717) is 17.2 Å². The summed E-state index contributed by atoms with van der Waals surface area (Å²) in [6.07, 6.45) is 4.70. The van der Waals surface area contributed by atoms with Crippen molar-refractivity contribution in [2.75, 3.05) is 12.4 Å². The molecule has 2 rings (SSSR count). The van der Waals surface area contributed by atoms with Gasteiger partial charge in [0.15, 0.2) is 0 Å². The fourth-order valence-corrected chi connectivity index (χ4v) is 2.84. The molecule has 20 heavy (non-hydrogen) atoms. The van der Waals surface area contributed by atoms with E-state index in [9.17, 15) is 9.59 Å². The second-order valence-electron chi connectivity index (χ2n) is 5.45. The fraction of sp³-hybridized carbons (Fsp3) is 0.500. The van der Waals surface area contributed by atoms with Gasteiger partial charge in [-0.25, -0.2) is 0 Å². The van der Waals surface area contributed by atoms with Crippen molar-refractivity contribution >= 4 is 17.5 Å². The number of para-hydroxylation sites is 1. The summed E-state index contributed by atoms with van der Waals surface area (Å²) in [6, 6.07) is 7.10. The number of carbonyl (C=O) groups excluding carboxylic acids is 2. The molecule has 0 bridgehead atoms. The zero-order valence-corrected chi connectivity index (χ0v) is 12.1. The highest BCUT2D eigenvalue weighted by atomic mass is 16.2. The van der Waals surface area contributed by atoms with Crippen molar-refractivity contribution in [2.45, 2.75) is 32.6 Å². The molecule has 1 aliphatic carbocycles. The summed E-state index contributed by atoms with van der Waals surface area (Å²) >= 11 is 0. The monoisotopic (exact) mass is 274 g/mol. The second kappa shape index (κ2) is 6.55. The third-order valence-corrected chi connectivity index (χ3v) is 4.18. The van der Waals surface area contributed by atoms with Crippen LogP contribution in [0.1, 0.15) is 43.0 Å². The minimum atomic E-state index is -0.186. The molecule has 1 unspecified atom stereocenters. The highest BCUT2D eigenvalue weighted by molar-refractivity contribution is 6.04. The third kappa shape index (κ3) is 3.18. The largest absolute Gasteiger partial charge is 0.355 e. The van der Waals surface area contributed by atoms with Crippen LogP contribution in [0, 0.1) is 11.8 Å². The number of carbonyl (C=O) groups is 2. The Bertz CT molecular complexity index is 493. The molecule has 0 spiro atoms. The van der Waals surface area contributed by atoms with E-state index in [-0.39, 0.29) is 17.7 Å². The van der Waals surface area contributed by atoms with Crippen LogP contribution in [0.2, 0.25) is 0 Å². The first kappa shape index (κ1) is 14.6. The van der Waals surface area contributed by atoms with Crippen LogP contribution in [0.3, 0.4) is 0 Å². The van der Waals surface area contributed by atoms with E-state index in [0.717, 1.165) is 12.8 Å². The van der Waals surface area contributed by atoms with E-state index in [1.807, 2.05) is 13.0 Å². The van der Waals surface area contributed by atoms with Crippen molar-refractivity contribution in [3.8, 4) is 0 Å². The van der Waals surface area contributed by atoms with E-state index in [1.54, 1.807) is 25.2 Å². The number of hydrogen-bond acceptors (Lipinski definition) is 2. The standard InChI is InChI=1S/C16H22N2O2/c1-11(12-7-3-4-8-12)15(19)18-14-10-6-5-9-13(14)16(20)17-2/h5-6,9-12H,3-4,7-8H2,1-2H3,(H,17,20)(H,18,19). The summed E-state index contributed by atoms with van der Waals surface area (Å²) in [4.78, 5) is 24.1. The summed E-state index contributed by atoms with van der Waals surface area (Å²) in [7, 11) is 1.59. The first-order valence-corrected chi connectivity index (χ1v) is 7.25. The van der Waals surface area contributed by atoms with Gasteiger partial charge in [-0.05, 0) is 30.9 Å². The molecule has 1 saturated carbocycles. The minimum absolute atomic E-state index is 0.00440. The lowest BCUT2D eigenvalue weighted by molar-refractivity contribution is -0.120. The van der Waals surface area contributed by atoms with Gasteiger partial charge in [-0.15, -0.1) is 0 Å². The third-order valence-electron chi connectivity index (χ3n) is 4.18.